The Bertz CT molecular complexity index is 670. The number of nitrogens with zero attached hydrogens (tertiary/aromatic N) is 2. The number of amides is 1. The number of rotatable bonds is 7. The van der Waals surface area contributed by atoms with E-state index in [9.17, 15) is 4.79 Å². The lowest BCUT2D eigenvalue weighted by Gasteiger charge is -2.12. The Labute approximate surface area is 166 Å². The van der Waals surface area contributed by atoms with Crippen LogP contribution in [0.3, 0.4) is 0 Å². The van der Waals surface area contributed by atoms with Crippen LogP contribution >= 0.6 is 24.0 Å². The zero-order chi connectivity index (χ0) is 17.2. The first-order chi connectivity index (χ1) is 11.7. The quantitative estimate of drug-likeness (QED) is 0.342. The minimum absolute atomic E-state index is 0. The average Bonchev–Trinajstić information content (AvgIpc) is 3.11. The number of carbonyl (C=O) groups excluding carboxylic acids is 1. The Morgan fingerprint density at radius 1 is 1.16 bits per heavy atom. The van der Waals surface area contributed by atoms with Gasteiger partial charge in [-0.15, -0.1) is 24.0 Å². The first kappa shape index (κ1) is 21.0. The molecule has 1 aromatic carbocycles. The molecule has 1 aromatic heterocycles. The van der Waals surface area contributed by atoms with Crippen molar-refractivity contribution in [2.75, 3.05) is 25.5 Å². The van der Waals surface area contributed by atoms with Crippen LogP contribution in [0.25, 0.3) is 0 Å². The molecular formula is C18H26IN5O. The lowest BCUT2D eigenvalue weighted by molar-refractivity contribution is -0.115. The van der Waals surface area contributed by atoms with Crippen LogP contribution in [-0.4, -0.2) is 36.6 Å². The van der Waals surface area contributed by atoms with Crippen LogP contribution in [-0.2, 0) is 17.8 Å². The Hall–Kier alpha value is -2.03. The van der Waals surface area contributed by atoms with Gasteiger partial charge in [0.25, 0.3) is 0 Å². The fourth-order valence-corrected chi connectivity index (χ4v) is 2.28. The molecule has 7 heteroatoms. The summed E-state index contributed by atoms with van der Waals surface area (Å²) in [5.41, 5.74) is 2.01. The molecule has 25 heavy (non-hydrogen) atoms. The van der Waals surface area contributed by atoms with E-state index in [2.05, 4.69) is 32.4 Å². The second-order valence-corrected chi connectivity index (χ2v) is 5.38. The SMILES string of the molecule is CCc1cccc(NC(=O)CNC(=NC)NCCn2cccc2)c1.I. The van der Waals surface area contributed by atoms with Gasteiger partial charge in [0.2, 0.25) is 5.91 Å². The van der Waals surface area contributed by atoms with E-state index in [0.29, 0.717) is 5.96 Å². The third-order valence-corrected chi connectivity index (χ3v) is 3.59. The summed E-state index contributed by atoms with van der Waals surface area (Å²) in [4.78, 5) is 16.2. The van der Waals surface area contributed by atoms with Crippen molar-refractivity contribution < 1.29 is 4.79 Å². The molecule has 0 saturated carbocycles. The fraction of sp³-hybridized carbons (Fsp3) is 0.333. The maximum Gasteiger partial charge on any atom is 0.243 e. The van der Waals surface area contributed by atoms with E-state index in [1.54, 1.807) is 7.05 Å². The second kappa shape index (κ2) is 11.5. The number of guanidine groups is 1. The van der Waals surface area contributed by atoms with E-state index < -0.39 is 0 Å². The molecule has 0 unspecified atom stereocenters. The van der Waals surface area contributed by atoms with Crippen molar-refractivity contribution in [1.29, 1.82) is 0 Å². The molecule has 6 nitrogen and oxygen atoms in total. The molecule has 0 bridgehead atoms. The van der Waals surface area contributed by atoms with Crippen LogP contribution in [0.1, 0.15) is 12.5 Å². The van der Waals surface area contributed by atoms with Crippen molar-refractivity contribution in [2.24, 2.45) is 4.99 Å². The molecule has 2 rings (SSSR count). The number of aromatic nitrogens is 1. The van der Waals surface area contributed by atoms with Crippen LogP contribution in [0.4, 0.5) is 5.69 Å². The molecule has 0 aliphatic heterocycles. The van der Waals surface area contributed by atoms with Gasteiger partial charge in [-0.1, -0.05) is 19.1 Å². The standard InChI is InChI=1S/C18H25N5O.HI/c1-3-15-7-6-8-16(13-15)22-17(24)14-21-18(19-2)20-9-12-23-10-4-5-11-23;/h4-8,10-11,13H,3,9,12,14H2,1-2H3,(H,22,24)(H2,19,20,21);1H. The number of benzene rings is 1. The van der Waals surface area contributed by atoms with Crippen molar-refractivity contribution in [2.45, 2.75) is 19.9 Å². The Kier molecular flexibility index (Phi) is 9.68. The minimum Gasteiger partial charge on any atom is -0.355 e. The van der Waals surface area contributed by atoms with Gasteiger partial charge in [-0.3, -0.25) is 9.79 Å². The number of anilines is 1. The summed E-state index contributed by atoms with van der Waals surface area (Å²) in [6.45, 7) is 3.82. The van der Waals surface area contributed by atoms with Crippen molar-refractivity contribution in [3.63, 3.8) is 0 Å². The maximum absolute atomic E-state index is 12.0. The summed E-state index contributed by atoms with van der Waals surface area (Å²) >= 11 is 0. The monoisotopic (exact) mass is 455 g/mol. The van der Waals surface area contributed by atoms with Crippen molar-refractivity contribution in [1.82, 2.24) is 15.2 Å². The largest absolute Gasteiger partial charge is 0.355 e. The van der Waals surface area contributed by atoms with Gasteiger partial charge in [0.1, 0.15) is 0 Å². The number of hydrogen-bond donors (Lipinski definition) is 3. The molecule has 0 aliphatic rings. The molecule has 0 saturated heterocycles. The van der Waals surface area contributed by atoms with E-state index in [1.807, 2.05) is 48.8 Å². The molecule has 0 aliphatic carbocycles. The smallest absolute Gasteiger partial charge is 0.243 e. The normalized spacial score (nSPS) is 10.7. The van der Waals surface area contributed by atoms with Crippen LogP contribution in [0.5, 0.6) is 0 Å². The third kappa shape index (κ3) is 7.59. The molecular weight excluding hydrogens is 429 g/mol. The van der Waals surface area contributed by atoms with Gasteiger partial charge in [-0.25, -0.2) is 0 Å². The zero-order valence-corrected chi connectivity index (χ0v) is 17.0. The summed E-state index contributed by atoms with van der Waals surface area (Å²) in [5, 5.41) is 9.09. The van der Waals surface area contributed by atoms with Gasteiger partial charge in [-0.2, -0.15) is 0 Å². The summed E-state index contributed by atoms with van der Waals surface area (Å²) in [7, 11) is 1.69. The summed E-state index contributed by atoms with van der Waals surface area (Å²) in [6, 6.07) is 11.9. The highest BCUT2D eigenvalue weighted by Gasteiger charge is 2.04. The highest BCUT2D eigenvalue weighted by Crippen LogP contribution is 2.10. The Balaban J connectivity index is 0.00000312. The molecule has 136 valence electrons. The van der Waals surface area contributed by atoms with E-state index in [1.165, 1.54) is 5.56 Å². The molecule has 2 aromatic rings. The van der Waals surface area contributed by atoms with Crippen LogP contribution in [0.2, 0.25) is 0 Å². The first-order valence-electron chi connectivity index (χ1n) is 8.15. The van der Waals surface area contributed by atoms with Crippen LogP contribution in [0.15, 0.2) is 53.8 Å². The van der Waals surface area contributed by atoms with Gasteiger partial charge >= 0.3 is 0 Å². The van der Waals surface area contributed by atoms with Crippen LogP contribution in [0, 0.1) is 0 Å². The van der Waals surface area contributed by atoms with Crippen molar-refractivity contribution in [3.05, 3.63) is 54.4 Å². The van der Waals surface area contributed by atoms with Gasteiger partial charge < -0.3 is 20.5 Å². The first-order valence-corrected chi connectivity index (χ1v) is 8.15. The lowest BCUT2D eigenvalue weighted by Crippen LogP contribution is -2.42. The number of halogens is 1. The predicted octanol–water partition coefficient (Wildman–Crippen LogP) is 2.47. The summed E-state index contributed by atoms with van der Waals surface area (Å²) in [6.07, 6.45) is 4.96. The third-order valence-electron chi connectivity index (χ3n) is 3.59. The fourth-order valence-electron chi connectivity index (χ4n) is 2.28. The number of nitrogens with one attached hydrogen (secondary N) is 3. The molecule has 0 radical (unpaired) electrons. The molecule has 0 atom stereocenters. The zero-order valence-electron chi connectivity index (χ0n) is 14.7. The van der Waals surface area contributed by atoms with Gasteiger partial charge in [0.15, 0.2) is 5.96 Å². The molecule has 0 spiro atoms. The van der Waals surface area contributed by atoms with Crippen molar-refractivity contribution in [3.8, 4) is 0 Å². The Morgan fingerprint density at radius 3 is 2.60 bits per heavy atom. The average molecular weight is 455 g/mol. The minimum atomic E-state index is -0.100. The van der Waals surface area contributed by atoms with Gasteiger partial charge in [0, 0.05) is 38.2 Å². The van der Waals surface area contributed by atoms with Crippen molar-refractivity contribution >= 4 is 41.5 Å². The number of carbonyl (C=O) groups is 1. The summed E-state index contributed by atoms with van der Waals surface area (Å²) in [5.74, 6) is 0.510. The summed E-state index contributed by atoms with van der Waals surface area (Å²) < 4.78 is 2.08. The number of aryl methyl sites for hydroxylation is 1. The number of hydrogen-bond acceptors (Lipinski definition) is 2. The highest BCUT2D eigenvalue weighted by molar-refractivity contribution is 14.0. The topological polar surface area (TPSA) is 70.4 Å². The Morgan fingerprint density at radius 2 is 1.92 bits per heavy atom. The molecule has 0 fully saturated rings. The number of aliphatic imine (C=N–C) groups is 1. The van der Waals surface area contributed by atoms with E-state index >= 15 is 0 Å². The molecule has 1 amide bonds. The molecule has 1 heterocycles. The molecule has 3 N–H and O–H groups in total. The van der Waals surface area contributed by atoms with E-state index in [-0.39, 0.29) is 36.4 Å². The van der Waals surface area contributed by atoms with E-state index in [0.717, 1.165) is 25.2 Å². The van der Waals surface area contributed by atoms with Gasteiger partial charge in [-0.05, 0) is 36.2 Å². The van der Waals surface area contributed by atoms with E-state index in [4.69, 9.17) is 0 Å². The predicted molar refractivity (Wildman–Crippen MR) is 114 cm³/mol. The maximum atomic E-state index is 12.0. The lowest BCUT2D eigenvalue weighted by atomic mass is 10.1. The second-order valence-electron chi connectivity index (χ2n) is 5.38. The van der Waals surface area contributed by atoms with Crippen LogP contribution < -0.4 is 16.0 Å². The highest BCUT2D eigenvalue weighted by atomic mass is 127. The van der Waals surface area contributed by atoms with Gasteiger partial charge in [0.05, 0.1) is 6.54 Å².